The Balaban J connectivity index is 2.11. The molecule has 5 nitrogen and oxygen atoms in total. The predicted molar refractivity (Wildman–Crippen MR) is 70.3 cm³/mol. The second-order valence-corrected chi connectivity index (χ2v) is 5.28. The lowest BCUT2D eigenvalue weighted by atomic mass is 9.94. The number of hydrogen-bond acceptors (Lipinski definition) is 5. The maximum absolute atomic E-state index is 10.4. The van der Waals surface area contributed by atoms with Crippen molar-refractivity contribution in [3.05, 3.63) is 16.4 Å². The third-order valence-electron chi connectivity index (χ3n) is 3.07. The summed E-state index contributed by atoms with van der Waals surface area (Å²) in [7, 11) is 1.84. The molecular formula is C11H15Cl2N3O2. The first-order valence-corrected chi connectivity index (χ1v) is 6.46. The number of rotatable bonds is 3. The molecule has 1 aromatic rings. The molecule has 18 heavy (non-hydrogen) atoms. The SMILES string of the molecule is CN(CC1(O)CCOCC1)c1cc(Cl)nnc1Cl. The van der Waals surface area contributed by atoms with Crippen LogP contribution in [0.1, 0.15) is 12.8 Å². The zero-order valence-electron chi connectivity index (χ0n) is 10.1. The summed E-state index contributed by atoms with van der Waals surface area (Å²) < 4.78 is 5.25. The van der Waals surface area contributed by atoms with Crippen LogP contribution in [0.2, 0.25) is 10.3 Å². The lowest BCUT2D eigenvalue weighted by molar-refractivity contribution is -0.0572. The first kappa shape index (κ1) is 13.8. The van der Waals surface area contributed by atoms with Crippen molar-refractivity contribution in [2.24, 2.45) is 0 Å². The van der Waals surface area contributed by atoms with Crippen molar-refractivity contribution in [1.82, 2.24) is 10.2 Å². The summed E-state index contributed by atoms with van der Waals surface area (Å²) in [6, 6.07) is 1.64. The number of anilines is 1. The maximum Gasteiger partial charge on any atom is 0.175 e. The number of hydrogen-bond donors (Lipinski definition) is 1. The number of halogens is 2. The summed E-state index contributed by atoms with van der Waals surface area (Å²) in [5.74, 6) is 0. The Morgan fingerprint density at radius 3 is 2.72 bits per heavy atom. The van der Waals surface area contributed by atoms with Crippen LogP contribution in [-0.2, 0) is 4.74 Å². The van der Waals surface area contributed by atoms with Gasteiger partial charge in [0, 0.05) is 45.7 Å². The van der Waals surface area contributed by atoms with E-state index in [0.29, 0.717) is 38.3 Å². The summed E-state index contributed by atoms with van der Waals surface area (Å²) in [5, 5.41) is 18.4. The third-order valence-corrected chi connectivity index (χ3v) is 3.52. The van der Waals surface area contributed by atoms with E-state index in [1.54, 1.807) is 6.07 Å². The van der Waals surface area contributed by atoms with Gasteiger partial charge in [0.2, 0.25) is 0 Å². The molecule has 0 aromatic carbocycles. The van der Waals surface area contributed by atoms with Crippen LogP contribution < -0.4 is 4.90 Å². The van der Waals surface area contributed by atoms with Crippen LogP contribution >= 0.6 is 23.2 Å². The number of aliphatic hydroxyl groups is 1. The lowest BCUT2D eigenvalue weighted by Crippen LogP contribution is -2.45. The lowest BCUT2D eigenvalue weighted by Gasteiger charge is -2.36. The number of aromatic nitrogens is 2. The minimum Gasteiger partial charge on any atom is -0.388 e. The highest BCUT2D eigenvalue weighted by Crippen LogP contribution is 2.28. The van der Waals surface area contributed by atoms with Gasteiger partial charge in [-0.3, -0.25) is 0 Å². The standard InChI is InChI=1S/C11H15Cl2N3O2/c1-16(7-11(17)2-4-18-5-3-11)8-6-9(12)14-15-10(8)13/h6,17H,2-5,7H2,1H3. The Hall–Kier alpha value is -0.620. The fourth-order valence-corrected chi connectivity index (χ4v) is 2.43. The zero-order valence-corrected chi connectivity index (χ0v) is 11.6. The molecule has 1 aromatic heterocycles. The molecule has 100 valence electrons. The molecule has 1 aliphatic heterocycles. The van der Waals surface area contributed by atoms with Crippen molar-refractivity contribution >= 4 is 28.9 Å². The molecule has 1 N–H and O–H groups in total. The Labute approximate surface area is 116 Å². The van der Waals surface area contributed by atoms with Gasteiger partial charge < -0.3 is 14.7 Å². The van der Waals surface area contributed by atoms with Crippen LogP contribution in [0.15, 0.2) is 6.07 Å². The van der Waals surface area contributed by atoms with E-state index in [-0.39, 0.29) is 10.3 Å². The quantitative estimate of drug-likeness (QED) is 0.920. The Morgan fingerprint density at radius 1 is 1.39 bits per heavy atom. The second-order valence-electron chi connectivity index (χ2n) is 4.54. The molecular weight excluding hydrogens is 277 g/mol. The Bertz CT molecular complexity index is 425. The number of nitrogens with zero attached hydrogens (tertiary/aromatic N) is 3. The summed E-state index contributed by atoms with van der Waals surface area (Å²) in [6.07, 6.45) is 1.22. The van der Waals surface area contributed by atoms with Crippen LogP contribution in [0, 0.1) is 0 Å². The van der Waals surface area contributed by atoms with Gasteiger partial charge in [-0.1, -0.05) is 23.2 Å². The van der Waals surface area contributed by atoms with Crippen LogP contribution in [0.25, 0.3) is 0 Å². The smallest absolute Gasteiger partial charge is 0.175 e. The molecule has 0 radical (unpaired) electrons. The molecule has 1 aliphatic rings. The van der Waals surface area contributed by atoms with Crippen LogP contribution in [0.3, 0.4) is 0 Å². The van der Waals surface area contributed by atoms with Crippen molar-refractivity contribution < 1.29 is 9.84 Å². The van der Waals surface area contributed by atoms with Gasteiger partial charge in [-0.05, 0) is 0 Å². The third kappa shape index (κ3) is 3.23. The molecule has 0 bridgehead atoms. The van der Waals surface area contributed by atoms with Crippen molar-refractivity contribution in [3.8, 4) is 0 Å². The molecule has 0 saturated carbocycles. The van der Waals surface area contributed by atoms with Gasteiger partial charge in [0.1, 0.15) is 0 Å². The van der Waals surface area contributed by atoms with E-state index in [1.165, 1.54) is 0 Å². The van der Waals surface area contributed by atoms with Gasteiger partial charge in [0.15, 0.2) is 10.3 Å². The highest BCUT2D eigenvalue weighted by Gasteiger charge is 2.31. The van der Waals surface area contributed by atoms with E-state index in [2.05, 4.69) is 10.2 Å². The summed E-state index contributed by atoms with van der Waals surface area (Å²) >= 11 is 11.8. The van der Waals surface area contributed by atoms with Crippen LogP contribution in [0.5, 0.6) is 0 Å². The Morgan fingerprint density at radius 2 is 2.06 bits per heavy atom. The van der Waals surface area contributed by atoms with Gasteiger partial charge in [0.05, 0.1) is 11.3 Å². The van der Waals surface area contributed by atoms with Crippen LogP contribution in [-0.4, -0.2) is 47.7 Å². The Kier molecular flexibility index (Phi) is 4.27. The highest BCUT2D eigenvalue weighted by molar-refractivity contribution is 6.33. The topological polar surface area (TPSA) is 58.5 Å². The number of likely N-dealkylation sites (N-methyl/N-ethyl adjacent to an activating group) is 1. The van der Waals surface area contributed by atoms with Crippen molar-refractivity contribution in [1.29, 1.82) is 0 Å². The summed E-state index contributed by atoms with van der Waals surface area (Å²) in [5.41, 5.74) is -0.0944. The van der Waals surface area contributed by atoms with E-state index in [1.807, 2.05) is 11.9 Å². The van der Waals surface area contributed by atoms with Gasteiger partial charge in [-0.15, -0.1) is 10.2 Å². The minimum atomic E-state index is -0.758. The second kappa shape index (κ2) is 5.57. The first-order chi connectivity index (χ1) is 8.50. The van der Waals surface area contributed by atoms with E-state index in [9.17, 15) is 5.11 Å². The molecule has 0 spiro atoms. The normalized spacial score (nSPS) is 18.7. The van der Waals surface area contributed by atoms with E-state index in [4.69, 9.17) is 27.9 Å². The summed E-state index contributed by atoms with van der Waals surface area (Å²) in [6.45, 7) is 1.61. The van der Waals surface area contributed by atoms with E-state index < -0.39 is 5.60 Å². The van der Waals surface area contributed by atoms with Crippen molar-refractivity contribution in [3.63, 3.8) is 0 Å². The van der Waals surface area contributed by atoms with Gasteiger partial charge in [0.25, 0.3) is 0 Å². The molecule has 0 unspecified atom stereocenters. The molecule has 7 heteroatoms. The largest absolute Gasteiger partial charge is 0.388 e. The van der Waals surface area contributed by atoms with Crippen molar-refractivity contribution in [2.45, 2.75) is 18.4 Å². The highest BCUT2D eigenvalue weighted by atomic mass is 35.5. The van der Waals surface area contributed by atoms with E-state index >= 15 is 0 Å². The zero-order chi connectivity index (χ0) is 13.2. The molecule has 1 fully saturated rings. The maximum atomic E-state index is 10.4. The summed E-state index contributed by atoms with van der Waals surface area (Å²) in [4.78, 5) is 1.84. The molecule has 0 atom stereocenters. The van der Waals surface area contributed by atoms with Crippen molar-refractivity contribution in [2.75, 3.05) is 31.7 Å². The molecule has 2 heterocycles. The minimum absolute atomic E-state index is 0.276. The number of ether oxygens (including phenoxy) is 1. The predicted octanol–water partition coefficient (Wildman–Crippen LogP) is 1.76. The monoisotopic (exact) mass is 291 g/mol. The molecule has 0 aliphatic carbocycles. The first-order valence-electron chi connectivity index (χ1n) is 5.70. The van der Waals surface area contributed by atoms with Gasteiger partial charge >= 0.3 is 0 Å². The van der Waals surface area contributed by atoms with Crippen LogP contribution in [0.4, 0.5) is 5.69 Å². The average Bonchev–Trinajstić information content (AvgIpc) is 2.32. The fourth-order valence-electron chi connectivity index (χ4n) is 2.05. The average molecular weight is 292 g/mol. The van der Waals surface area contributed by atoms with E-state index in [0.717, 1.165) is 0 Å². The van der Waals surface area contributed by atoms with Gasteiger partial charge in [-0.2, -0.15) is 0 Å². The fraction of sp³-hybridized carbons (Fsp3) is 0.636. The molecule has 2 rings (SSSR count). The molecule has 1 saturated heterocycles. The van der Waals surface area contributed by atoms with Gasteiger partial charge in [-0.25, -0.2) is 0 Å². The molecule has 0 amide bonds.